The Labute approximate surface area is 192 Å². The Hall–Kier alpha value is -4.26. The van der Waals surface area contributed by atoms with E-state index in [1.807, 2.05) is 54.6 Å². The molecular weight excluding hydrogens is 418 g/mol. The molecule has 33 heavy (non-hydrogen) atoms. The summed E-state index contributed by atoms with van der Waals surface area (Å²) in [4.78, 5) is 25.4. The maximum Gasteiger partial charge on any atom is 0.319 e. The van der Waals surface area contributed by atoms with Gasteiger partial charge in [0.2, 0.25) is 0 Å². The first-order valence-corrected chi connectivity index (χ1v) is 10.5. The fourth-order valence-electron chi connectivity index (χ4n) is 3.68. The lowest BCUT2D eigenvalue weighted by Gasteiger charge is -2.29. The number of benzene rings is 3. The number of urea groups is 1. The van der Waals surface area contributed by atoms with Gasteiger partial charge in [0.15, 0.2) is 11.5 Å². The minimum atomic E-state index is -0.653. The number of nitrogens with one attached hydrogen (secondary N) is 3. The minimum Gasteiger partial charge on any atom is -0.493 e. The van der Waals surface area contributed by atoms with Gasteiger partial charge in [-0.15, -0.1) is 0 Å². The van der Waals surface area contributed by atoms with E-state index in [1.165, 1.54) is 0 Å². The molecule has 3 N–H and O–H groups in total. The van der Waals surface area contributed by atoms with Gasteiger partial charge < -0.3 is 25.4 Å². The quantitative estimate of drug-likeness (QED) is 0.500. The Morgan fingerprint density at radius 3 is 2.36 bits per heavy atom. The highest BCUT2D eigenvalue weighted by Crippen LogP contribution is 2.35. The Morgan fingerprint density at radius 2 is 1.67 bits per heavy atom. The van der Waals surface area contributed by atoms with E-state index in [0.717, 1.165) is 5.56 Å². The molecule has 3 amide bonds. The smallest absolute Gasteiger partial charge is 0.319 e. The molecule has 0 aliphatic carbocycles. The van der Waals surface area contributed by atoms with Gasteiger partial charge in [0.1, 0.15) is 6.61 Å². The topological polar surface area (TPSA) is 88.7 Å². The van der Waals surface area contributed by atoms with Gasteiger partial charge in [-0.25, -0.2) is 4.79 Å². The Kier molecular flexibility index (Phi) is 6.59. The summed E-state index contributed by atoms with van der Waals surface area (Å²) in [5.41, 5.74) is 3.30. The number of rotatable bonds is 7. The summed E-state index contributed by atoms with van der Waals surface area (Å²) < 4.78 is 11.5. The van der Waals surface area contributed by atoms with Crippen molar-refractivity contribution in [2.75, 3.05) is 12.4 Å². The van der Waals surface area contributed by atoms with Crippen LogP contribution in [0.2, 0.25) is 0 Å². The van der Waals surface area contributed by atoms with Crippen LogP contribution in [0, 0.1) is 0 Å². The van der Waals surface area contributed by atoms with Crippen LogP contribution in [0.15, 0.2) is 90.1 Å². The normalized spacial score (nSPS) is 15.3. The van der Waals surface area contributed by atoms with E-state index in [1.54, 1.807) is 38.3 Å². The molecule has 0 radical (unpaired) electrons. The van der Waals surface area contributed by atoms with Crippen molar-refractivity contribution in [3.05, 3.63) is 101 Å². The summed E-state index contributed by atoms with van der Waals surface area (Å²) in [6.45, 7) is 2.10. The van der Waals surface area contributed by atoms with Gasteiger partial charge in [-0.05, 0) is 42.3 Å². The number of ether oxygens (including phenoxy) is 2. The minimum absolute atomic E-state index is 0.306. The van der Waals surface area contributed by atoms with Gasteiger partial charge in [0.25, 0.3) is 5.91 Å². The molecule has 0 aromatic heterocycles. The Balaban J connectivity index is 1.60. The van der Waals surface area contributed by atoms with E-state index in [4.69, 9.17) is 9.47 Å². The highest BCUT2D eigenvalue weighted by molar-refractivity contribution is 6.06. The largest absolute Gasteiger partial charge is 0.493 e. The third-order valence-corrected chi connectivity index (χ3v) is 5.30. The molecule has 1 unspecified atom stereocenters. The van der Waals surface area contributed by atoms with Crippen molar-refractivity contribution in [3.8, 4) is 11.5 Å². The number of hydrogen-bond acceptors (Lipinski definition) is 4. The molecule has 0 saturated heterocycles. The Bertz CT molecular complexity index is 1180. The molecule has 4 rings (SSSR count). The molecule has 3 aromatic carbocycles. The highest BCUT2D eigenvalue weighted by atomic mass is 16.5. The summed E-state index contributed by atoms with van der Waals surface area (Å²) >= 11 is 0. The van der Waals surface area contributed by atoms with Crippen LogP contribution in [0.3, 0.4) is 0 Å². The maximum absolute atomic E-state index is 13.1. The summed E-state index contributed by atoms with van der Waals surface area (Å²) in [7, 11) is 1.56. The molecule has 0 bridgehead atoms. The number of amides is 3. The molecule has 1 heterocycles. The number of hydrogen-bond donors (Lipinski definition) is 3. The second kappa shape index (κ2) is 9.91. The third-order valence-electron chi connectivity index (χ3n) is 5.30. The first kappa shape index (κ1) is 22.0. The fourth-order valence-corrected chi connectivity index (χ4v) is 3.68. The average Bonchev–Trinajstić information content (AvgIpc) is 2.83. The first-order valence-electron chi connectivity index (χ1n) is 10.5. The summed E-state index contributed by atoms with van der Waals surface area (Å²) in [6, 6.07) is 23.3. The van der Waals surface area contributed by atoms with E-state index in [-0.39, 0.29) is 11.9 Å². The molecule has 0 spiro atoms. The average molecular weight is 444 g/mol. The molecule has 3 aromatic rings. The fraction of sp³-hybridized carbons (Fsp3) is 0.154. The van der Waals surface area contributed by atoms with E-state index in [2.05, 4.69) is 16.0 Å². The van der Waals surface area contributed by atoms with E-state index < -0.39 is 6.04 Å². The van der Waals surface area contributed by atoms with Crippen molar-refractivity contribution in [2.24, 2.45) is 0 Å². The SMILES string of the molecule is COc1cc(C2NC(=O)NC(C)=C2C(=O)Nc2ccccc2)ccc1OCc1ccccc1. The van der Waals surface area contributed by atoms with Gasteiger partial charge >= 0.3 is 6.03 Å². The first-order chi connectivity index (χ1) is 16.0. The monoisotopic (exact) mass is 443 g/mol. The van der Waals surface area contributed by atoms with Crippen molar-refractivity contribution in [1.29, 1.82) is 0 Å². The summed E-state index contributed by atoms with van der Waals surface area (Å²) in [5.74, 6) is 0.776. The van der Waals surface area contributed by atoms with Crippen molar-refractivity contribution in [1.82, 2.24) is 10.6 Å². The van der Waals surface area contributed by atoms with Crippen LogP contribution in [0.4, 0.5) is 10.5 Å². The number of anilines is 1. The molecule has 1 aliphatic heterocycles. The zero-order chi connectivity index (χ0) is 23.2. The summed E-state index contributed by atoms with van der Waals surface area (Å²) in [6.07, 6.45) is 0. The van der Waals surface area contributed by atoms with Crippen molar-refractivity contribution >= 4 is 17.6 Å². The van der Waals surface area contributed by atoms with Gasteiger partial charge in [-0.2, -0.15) is 0 Å². The van der Waals surface area contributed by atoms with Crippen LogP contribution >= 0.6 is 0 Å². The molecule has 7 heteroatoms. The van der Waals surface area contributed by atoms with E-state index >= 15 is 0 Å². The van der Waals surface area contributed by atoms with Crippen LogP contribution in [-0.2, 0) is 11.4 Å². The predicted octanol–water partition coefficient (Wildman–Crippen LogP) is 4.54. The molecule has 1 atom stereocenters. The van der Waals surface area contributed by atoms with E-state index in [9.17, 15) is 9.59 Å². The molecule has 7 nitrogen and oxygen atoms in total. The zero-order valence-electron chi connectivity index (χ0n) is 18.4. The maximum atomic E-state index is 13.1. The van der Waals surface area contributed by atoms with E-state index in [0.29, 0.717) is 40.6 Å². The molecule has 1 aliphatic rings. The van der Waals surface area contributed by atoms with Crippen molar-refractivity contribution < 1.29 is 19.1 Å². The number of para-hydroxylation sites is 1. The van der Waals surface area contributed by atoms with Crippen LogP contribution in [0.1, 0.15) is 24.1 Å². The third kappa shape index (κ3) is 5.15. The molecule has 0 fully saturated rings. The second-order valence-electron chi connectivity index (χ2n) is 7.57. The number of allylic oxidation sites excluding steroid dienone is 1. The molecule has 0 saturated carbocycles. The Morgan fingerprint density at radius 1 is 0.970 bits per heavy atom. The van der Waals surface area contributed by atoms with Gasteiger partial charge in [0, 0.05) is 11.4 Å². The van der Waals surface area contributed by atoms with Crippen molar-refractivity contribution in [2.45, 2.75) is 19.6 Å². The van der Waals surface area contributed by atoms with Crippen LogP contribution in [0.25, 0.3) is 0 Å². The second-order valence-corrected chi connectivity index (χ2v) is 7.57. The predicted molar refractivity (Wildman–Crippen MR) is 126 cm³/mol. The standard InChI is InChI=1S/C26H25N3O4/c1-17-23(25(30)28-20-11-7-4-8-12-20)24(29-26(31)27-17)19-13-14-21(22(15-19)32-2)33-16-18-9-5-3-6-10-18/h3-15,24H,16H2,1-2H3,(H,28,30)(H2,27,29,31). The van der Waals surface area contributed by atoms with Crippen LogP contribution < -0.4 is 25.4 Å². The van der Waals surface area contributed by atoms with Gasteiger partial charge in [-0.1, -0.05) is 54.6 Å². The lowest BCUT2D eigenvalue weighted by atomic mass is 9.94. The number of methoxy groups -OCH3 is 1. The molecular formula is C26H25N3O4. The lowest BCUT2D eigenvalue weighted by molar-refractivity contribution is -0.113. The number of carbonyl (C=O) groups excluding carboxylic acids is 2. The van der Waals surface area contributed by atoms with Crippen molar-refractivity contribution in [3.63, 3.8) is 0 Å². The number of carbonyl (C=O) groups is 2. The molecule has 168 valence electrons. The highest BCUT2D eigenvalue weighted by Gasteiger charge is 2.31. The van der Waals surface area contributed by atoms with Gasteiger partial charge in [0.05, 0.1) is 18.7 Å². The summed E-state index contributed by atoms with van der Waals surface area (Å²) in [5, 5.41) is 8.42. The van der Waals surface area contributed by atoms with Gasteiger partial charge in [-0.3, -0.25) is 4.79 Å². The zero-order valence-corrected chi connectivity index (χ0v) is 18.4. The lowest BCUT2D eigenvalue weighted by Crippen LogP contribution is -2.45. The van der Waals surface area contributed by atoms with Crippen LogP contribution in [-0.4, -0.2) is 19.0 Å². The van der Waals surface area contributed by atoms with Crippen LogP contribution in [0.5, 0.6) is 11.5 Å².